The molecule has 0 aromatic heterocycles. The maximum atomic E-state index is 3.57. The van der Waals surface area contributed by atoms with E-state index in [4.69, 9.17) is 0 Å². The molecule has 0 atom stereocenters. The van der Waals surface area contributed by atoms with Crippen LogP contribution in [-0.4, -0.2) is 30.7 Å². The van der Waals surface area contributed by atoms with E-state index in [9.17, 15) is 0 Å². The monoisotopic (exact) mass is 346 g/mol. The molecular formula is C25H32N+. The summed E-state index contributed by atoms with van der Waals surface area (Å²) in [7, 11) is 0. The Kier molecular flexibility index (Phi) is 6.92. The van der Waals surface area contributed by atoms with Gasteiger partial charge in [0.05, 0.1) is 19.6 Å². The van der Waals surface area contributed by atoms with Crippen LogP contribution in [0.15, 0.2) is 60.7 Å². The van der Waals surface area contributed by atoms with Crippen LogP contribution in [0.1, 0.15) is 56.1 Å². The average Bonchev–Trinajstić information content (AvgIpc) is 2.70. The Bertz CT molecular complexity index is 657. The normalized spacial score (nSPS) is 16.1. The Morgan fingerprint density at radius 3 is 1.92 bits per heavy atom. The Morgan fingerprint density at radius 1 is 0.808 bits per heavy atom. The van der Waals surface area contributed by atoms with E-state index in [0.717, 1.165) is 13.0 Å². The van der Waals surface area contributed by atoms with Crippen LogP contribution in [-0.2, 0) is 0 Å². The van der Waals surface area contributed by atoms with Crippen molar-refractivity contribution in [3.05, 3.63) is 71.8 Å². The summed E-state index contributed by atoms with van der Waals surface area (Å²) in [5.41, 5.74) is 2.73. The van der Waals surface area contributed by atoms with Gasteiger partial charge in [-0.15, -0.1) is 0 Å². The van der Waals surface area contributed by atoms with Crippen LogP contribution >= 0.6 is 0 Å². The van der Waals surface area contributed by atoms with E-state index in [1.807, 2.05) is 0 Å². The van der Waals surface area contributed by atoms with Crippen molar-refractivity contribution in [2.45, 2.75) is 44.9 Å². The van der Waals surface area contributed by atoms with Gasteiger partial charge in [-0.1, -0.05) is 73.5 Å². The number of benzene rings is 2. The van der Waals surface area contributed by atoms with Crippen LogP contribution in [0.4, 0.5) is 0 Å². The molecule has 1 heterocycles. The van der Waals surface area contributed by atoms with Crippen LogP contribution in [0, 0.1) is 11.8 Å². The number of rotatable bonds is 6. The molecule has 0 N–H and O–H groups in total. The van der Waals surface area contributed by atoms with Gasteiger partial charge in [0.15, 0.2) is 0 Å². The van der Waals surface area contributed by atoms with Gasteiger partial charge in [0.2, 0.25) is 0 Å². The van der Waals surface area contributed by atoms with Crippen molar-refractivity contribution in [1.82, 2.24) is 0 Å². The third-order valence-corrected chi connectivity index (χ3v) is 5.71. The second kappa shape index (κ2) is 9.60. The first-order chi connectivity index (χ1) is 12.8. The number of nitrogens with zero attached hydrogens (tertiary/aromatic N) is 1. The van der Waals surface area contributed by atoms with Crippen LogP contribution in [0.3, 0.4) is 0 Å². The summed E-state index contributed by atoms with van der Waals surface area (Å²) >= 11 is 0. The number of hydrogen-bond acceptors (Lipinski definition) is 0. The summed E-state index contributed by atoms with van der Waals surface area (Å²) in [5.74, 6) is 7.49. The van der Waals surface area contributed by atoms with Crippen LogP contribution < -0.4 is 0 Å². The zero-order chi connectivity index (χ0) is 18.1. The van der Waals surface area contributed by atoms with Gasteiger partial charge in [-0.3, -0.25) is 0 Å². The summed E-state index contributed by atoms with van der Waals surface area (Å²) in [5, 5.41) is 0. The van der Waals surface area contributed by atoms with Crippen molar-refractivity contribution in [2.24, 2.45) is 0 Å². The SMILES string of the molecule is CCC[N+]1(CC#CCC(c2ccccc2)c2ccccc2)CCCCC1. The minimum atomic E-state index is 0.367. The van der Waals surface area contributed by atoms with Crippen molar-refractivity contribution >= 4 is 0 Å². The maximum absolute atomic E-state index is 3.57. The molecule has 1 heteroatoms. The molecule has 1 nitrogen and oxygen atoms in total. The minimum Gasteiger partial charge on any atom is -0.314 e. The van der Waals surface area contributed by atoms with Gasteiger partial charge >= 0.3 is 0 Å². The van der Waals surface area contributed by atoms with Crippen molar-refractivity contribution in [3.63, 3.8) is 0 Å². The van der Waals surface area contributed by atoms with Gasteiger partial charge in [0.1, 0.15) is 6.54 Å². The first-order valence-electron chi connectivity index (χ1n) is 10.2. The van der Waals surface area contributed by atoms with E-state index in [2.05, 4.69) is 79.4 Å². The van der Waals surface area contributed by atoms with Gasteiger partial charge in [-0.25, -0.2) is 0 Å². The standard InChI is InChI=1S/C25H32N/c1-2-19-26(20-11-5-12-21-26)22-13-10-18-25(23-14-6-3-7-15-23)24-16-8-4-9-17-24/h3-4,6-9,14-17,25H,2,5,11-12,18-22H2,1H3/q+1. The van der Waals surface area contributed by atoms with Crippen LogP contribution in [0.2, 0.25) is 0 Å². The molecule has 26 heavy (non-hydrogen) atoms. The first-order valence-corrected chi connectivity index (χ1v) is 10.2. The molecule has 2 aromatic carbocycles. The molecule has 3 rings (SSSR count). The highest BCUT2D eigenvalue weighted by atomic mass is 15.3. The predicted molar refractivity (Wildman–Crippen MR) is 111 cm³/mol. The molecule has 0 aliphatic carbocycles. The van der Waals surface area contributed by atoms with Crippen LogP contribution in [0.25, 0.3) is 0 Å². The molecule has 0 unspecified atom stereocenters. The van der Waals surface area contributed by atoms with E-state index in [0.29, 0.717) is 5.92 Å². The van der Waals surface area contributed by atoms with E-state index in [-0.39, 0.29) is 0 Å². The smallest absolute Gasteiger partial charge is 0.140 e. The van der Waals surface area contributed by atoms with Gasteiger partial charge < -0.3 is 4.48 Å². The third kappa shape index (κ3) is 4.99. The Morgan fingerprint density at radius 2 is 1.38 bits per heavy atom. The summed E-state index contributed by atoms with van der Waals surface area (Å²) in [6.45, 7) is 7.27. The lowest BCUT2D eigenvalue weighted by Gasteiger charge is -2.40. The quantitative estimate of drug-likeness (QED) is 0.470. The van der Waals surface area contributed by atoms with E-state index in [1.54, 1.807) is 0 Å². The third-order valence-electron chi connectivity index (χ3n) is 5.71. The fraction of sp³-hybridized carbons (Fsp3) is 0.440. The molecule has 1 aliphatic rings. The zero-order valence-corrected chi connectivity index (χ0v) is 16.2. The van der Waals surface area contributed by atoms with Gasteiger partial charge in [-0.2, -0.15) is 0 Å². The number of hydrogen-bond donors (Lipinski definition) is 0. The summed E-state index contributed by atoms with van der Waals surface area (Å²) < 4.78 is 1.23. The molecule has 1 fully saturated rings. The van der Waals surface area contributed by atoms with Gasteiger partial charge in [0, 0.05) is 12.3 Å². The lowest BCUT2D eigenvalue weighted by Crippen LogP contribution is -2.52. The number of piperidine rings is 1. The van der Waals surface area contributed by atoms with Crippen molar-refractivity contribution in [3.8, 4) is 11.8 Å². The lowest BCUT2D eigenvalue weighted by atomic mass is 9.89. The van der Waals surface area contributed by atoms with E-state index in [1.165, 1.54) is 60.9 Å². The molecule has 0 bridgehead atoms. The predicted octanol–water partition coefficient (Wildman–Crippen LogP) is 5.62. The second-order valence-electron chi connectivity index (χ2n) is 7.66. The molecular weight excluding hydrogens is 314 g/mol. The topological polar surface area (TPSA) is 0 Å². The van der Waals surface area contributed by atoms with Gasteiger partial charge in [0.25, 0.3) is 0 Å². The molecule has 0 radical (unpaired) electrons. The van der Waals surface area contributed by atoms with Crippen molar-refractivity contribution in [1.29, 1.82) is 0 Å². The van der Waals surface area contributed by atoms with E-state index >= 15 is 0 Å². The summed E-state index contributed by atoms with van der Waals surface area (Å²) in [6.07, 6.45) is 6.32. The molecule has 2 aromatic rings. The molecule has 0 spiro atoms. The zero-order valence-electron chi connectivity index (χ0n) is 16.2. The minimum absolute atomic E-state index is 0.367. The fourth-order valence-electron chi connectivity index (χ4n) is 4.31. The highest BCUT2D eigenvalue weighted by Crippen LogP contribution is 2.27. The second-order valence-corrected chi connectivity index (χ2v) is 7.66. The number of likely N-dealkylation sites (tertiary alicyclic amines) is 1. The molecule has 0 amide bonds. The fourth-order valence-corrected chi connectivity index (χ4v) is 4.31. The van der Waals surface area contributed by atoms with Gasteiger partial charge in [-0.05, 0) is 42.7 Å². The Hall–Kier alpha value is -2.04. The number of quaternary nitrogens is 1. The average molecular weight is 347 g/mol. The molecule has 1 aliphatic heterocycles. The van der Waals surface area contributed by atoms with E-state index < -0.39 is 0 Å². The highest BCUT2D eigenvalue weighted by molar-refractivity contribution is 5.33. The molecule has 1 saturated heterocycles. The largest absolute Gasteiger partial charge is 0.314 e. The summed E-state index contributed by atoms with van der Waals surface area (Å²) in [6, 6.07) is 21.6. The van der Waals surface area contributed by atoms with Crippen molar-refractivity contribution < 1.29 is 4.48 Å². The molecule has 0 saturated carbocycles. The van der Waals surface area contributed by atoms with Crippen molar-refractivity contribution in [2.75, 3.05) is 26.2 Å². The van der Waals surface area contributed by atoms with Crippen LogP contribution in [0.5, 0.6) is 0 Å². The summed E-state index contributed by atoms with van der Waals surface area (Å²) in [4.78, 5) is 0. The maximum Gasteiger partial charge on any atom is 0.140 e. The first kappa shape index (κ1) is 18.7. The Labute approximate surface area is 159 Å². The molecule has 136 valence electrons. The highest BCUT2D eigenvalue weighted by Gasteiger charge is 2.27. The lowest BCUT2D eigenvalue weighted by molar-refractivity contribution is -0.926. The Balaban J connectivity index is 1.71.